The van der Waals surface area contributed by atoms with Crippen molar-refractivity contribution in [2.24, 2.45) is 0 Å². The van der Waals surface area contributed by atoms with E-state index in [0.29, 0.717) is 11.9 Å². The lowest BCUT2D eigenvalue weighted by molar-refractivity contribution is 1.01. The molecule has 2 aromatic heterocycles. The van der Waals surface area contributed by atoms with Crippen LogP contribution in [0, 0.1) is 27.7 Å². The van der Waals surface area contributed by atoms with Crippen molar-refractivity contribution >= 4 is 34.6 Å². The maximum Gasteiger partial charge on any atom is 0.235 e. The number of benzene rings is 4. The van der Waals surface area contributed by atoms with Crippen molar-refractivity contribution in [3.8, 4) is 11.1 Å². The summed E-state index contributed by atoms with van der Waals surface area (Å²) in [5, 5.41) is 0. The fraction of sp³-hybridized carbons (Fsp3) is 0.111. The van der Waals surface area contributed by atoms with E-state index in [4.69, 9.17) is 19.9 Å². The molecule has 0 saturated carbocycles. The van der Waals surface area contributed by atoms with E-state index in [9.17, 15) is 0 Å². The van der Waals surface area contributed by atoms with Crippen LogP contribution in [0.15, 0.2) is 121 Å². The van der Waals surface area contributed by atoms with Gasteiger partial charge in [0.25, 0.3) is 0 Å². The normalized spacial score (nSPS) is 10.9. The van der Waals surface area contributed by atoms with Gasteiger partial charge in [-0.3, -0.25) is 9.80 Å². The Morgan fingerprint density at radius 3 is 0.952 bits per heavy atom. The Balaban J connectivity index is 1.34. The largest absolute Gasteiger partial charge is 0.279 e. The Hall–Kier alpha value is -5.36. The van der Waals surface area contributed by atoms with Gasteiger partial charge in [-0.1, -0.05) is 60.7 Å². The second kappa shape index (κ2) is 11.6. The molecule has 206 valence electrons. The van der Waals surface area contributed by atoms with Crippen LogP contribution >= 0.6 is 0 Å². The third-order valence-electron chi connectivity index (χ3n) is 6.95. The first-order valence-electron chi connectivity index (χ1n) is 14.0. The number of rotatable bonds is 7. The van der Waals surface area contributed by atoms with Gasteiger partial charge < -0.3 is 0 Å². The van der Waals surface area contributed by atoms with Crippen LogP contribution in [0.1, 0.15) is 22.8 Å². The van der Waals surface area contributed by atoms with Gasteiger partial charge in [0.15, 0.2) is 0 Å². The van der Waals surface area contributed by atoms with Crippen LogP contribution < -0.4 is 9.80 Å². The molecule has 6 rings (SSSR count). The van der Waals surface area contributed by atoms with Crippen LogP contribution in [-0.4, -0.2) is 19.9 Å². The molecular formula is C36H32N6. The third kappa shape index (κ3) is 5.74. The number of aryl methyl sites for hydroxylation is 4. The van der Waals surface area contributed by atoms with Gasteiger partial charge in [0.05, 0.1) is 0 Å². The monoisotopic (exact) mass is 548 g/mol. The quantitative estimate of drug-likeness (QED) is 0.198. The van der Waals surface area contributed by atoms with E-state index in [1.165, 1.54) is 0 Å². The first kappa shape index (κ1) is 26.8. The van der Waals surface area contributed by atoms with Crippen LogP contribution in [0.3, 0.4) is 0 Å². The van der Waals surface area contributed by atoms with Crippen LogP contribution in [0.2, 0.25) is 0 Å². The Morgan fingerprint density at radius 1 is 0.357 bits per heavy atom. The van der Waals surface area contributed by atoms with E-state index in [0.717, 1.165) is 56.7 Å². The molecule has 0 atom stereocenters. The van der Waals surface area contributed by atoms with Crippen molar-refractivity contribution in [3.63, 3.8) is 0 Å². The van der Waals surface area contributed by atoms with Gasteiger partial charge in [-0.15, -0.1) is 0 Å². The molecule has 0 radical (unpaired) electrons. The molecule has 2 heterocycles. The second-order valence-corrected chi connectivity index (χ2v) is 10.3. The van der Waals surface area contributed by atoms with E-state index in [2.05, 4.69) is 82.6 Å². The molecule has 42 heavy (non-hydrogen) atoms. The zero-order valence-electron chi connectivity index (χ0n) is 24.2. The highest BCUT2D eigenvalue weighted by Crippen LogP contribution is 2.36. The van der Waals surface area contributed by atoms with Gasteiger partial charge in [-0.2, -0.15) is 0 Å². The average Bonchev–Trinajstić information content (AvgIpc) is 2.98. The molecule has 0 bridgehead atoms. The van der Waals surface area contributed by atoms with Crippen molar-refractivity contribution in [3.05, 3.63) is 144 Å². The van der Waals surface area contributed by atoms with Gasteiger partial charge in [0.1, 0.15) is 0 Å². The van der Waals surface area contributed by atoms with E-state index in [-0.39, 0.29) is 0 Å². The van der Waals surface area contributed by atoms with Crippen LogP contribution in [0.5, 0.6) is 0 Å². The first-order valence-corrected chi connectivity index (χ1v) is 14.0. The zero-order chi connectivity index (χ0) is 29.1. The van der Waals surface area contributed by atoms with Crippen molar-refractivity contribution in [1.29, 1.82) is 0 Å². The maximum atomic E-state index is 4.75. The Kier molecular flexibility index (Phi) is 7.43. The minimum atomic E-state index is 0.658. The van der Waals surface area contributed by atoms with Crippen molar-refractivity contribution in [1.82, 2.24) is 19.9 Å². The summed E-state index contributed by atoms with van der Waals surface area (Å²) >= 11 is 0. The molecular weight excluding hydrogens is 516 g/mol. The van der Waals surface area contributed by atoms with Crippen molar-refractivity contribution in [2.45, 2.75) is 27.7 Å². The maximum absolute atomic E-state index is 4.75. The highest BCUT2D eigenvalue weighted by molar-refractivity contribution is 5.78. The van der Waals surface area contributed by atoms with Crippen molar-refractivity contribution in [2.75, 3.05) is 9.80 Å². The highest BCUT2D eigenvalue weighted by Gasteiger charge is 2.18. The fourth-order valence-electron chi connectivity index (χ4n) is 5.13. The molecule has 0 N–H and O–H groups in total. The topological polar surface area (TPSA) is 58.0 Å². The molecule has 6 heteroatoms. The number of aromatic nitrogens is 4. The third-order valence-corrected chi connectivity index (χ3v) is 6.95. The summed E-state index contributed by atoms with van der Waals surface area (Å²) in [6, 6.07) is 41.5. The van der Waals surface area contributed by atoms with E-state index < -0.39 is 0 Å². The SMILES string of the molecule is Cc1cc(C)nc(N(c2ccccc2)c2ccc(-c3ccc(N(c4ccccc4)c4nc(C)cc(C)n4)cc3)cc2)n1. The molecule has 0 fully saturated rings. The molecule has 0 aliphatic rings. The van der Waals surface area contributed by atoms with E-state index >= 15 is 0 Å². The number of nitrogens with zero attached hydrogens (tertiary/aromatic N) is 6. The molecule has 0 amide bonds. The summed E-state index contributed by atoms with van der Waals surface area (Å²) in [6.45, 7) is 8.00. The summed E-state index contributed by atoms with van der Waals surface area (Å²) in [7, 11) is 0. The van der Waals surface area contributed by atoms with Gasteiger partial charge in [-0.25, -0.2) is 19.9 Å². The van der Waals surface area contributed by atoms with Crippen LogP contribution in [0.4, 0.5) is 34.6 Å². The van der Waals surface area contributed by atoms with E-state index in [1.54, 1.807) is 0 Å². The summed E-state index contributed by atoms with van der Waals surface area (Å²) < 4.78 is 0. The fourth-order valence-corrected chi connectivity index (χ4v) is 5.13. The highest BCUT2D eigenvalue weighted by atomic mass is 15.3. The number of anilines is 6. The minimum Gasteiger partial charge on any atom is -0.279 e. The molecule has 0 saturated heterocycles. The zero-order valence-corrected chi connectivity index (χ0v) is 24.2. The average molecular weight is 549 g/mol. The van der Waals surface area contributed by atoms with Crippen LogP contribution in [-0.2, 0) is 0 Å². The predicted molar refractivity (Wildman–Crippen MR) is 171 cm³/mol. The molecule has 4 aromatic carbocycles. The van der Waals surface area contributed by atoms with Gasteiger partial charge in [0.2, 0.25) is 11.9 Å². The van der Waals surface area contributed by atoms with Gasteiger partial charge in [0, 0.05) is 45.5 Å². The lowest BCUT2D eigenvalue weighted by Crippen LogP contribution is -2.14. The van der Waals surface area contributed by atoms with Crippen LogP contribution in [0.25, 0.3) is 11.1 Å². The lowest BCUT2D eigenvalue weighted by Gasteiger charge is -2.24. The number of hydrogen-bond donors (Lipinski definition) is 0. The Morgan fingerprint density at radius 2 is 0.643 bits per heavy atom. The van der Waals surface area contributed by atoms with Gasteiger partial charge in [-0.05, 0) is 99.5 Å². The van der Waals surface area contributed by atoms with E-state index in [1.807, 2.05) is 76.2 Å². The standard InChI is InChI=1S/C36H32N6/c1-25-23-26(2)38-35(37-25)41(31-11-7-5-8-12-31)33-19-15-29(16-20-33)30-17-21-34(22-18-30)42(32-13-9-6-10-14-32)36-39-27(3)24-28(4)40-36/h5-24H,1-4H3. The molecule has 0 spiro atoms. The molecule has 6 nitrogen and oxygen atoms in total. The summed E-state index contributed by atoms with van der Waals surface area (Å²) in [5.41, 5.74) is 9.99. The number of para-hydroxylation sites is 2. The Labute approximate surface area is 247 Å². The van der Waals surface area contributed by atoms with Crippen molar-refractivity contribution < 1.29 is 0 Å². The lowest BCUT2D eigenvalue weighted by atomic mass is 10.0. The molecule has 6 aromatic rings. The smallest absolute Gasteiger partial charge is 0.235 e. The second-order valence-electron chi connectivity index (χ2n) is 10.3. The summed E-state index contributed by atoms with van der Waals surface area (Å²) in [6.07, 6.45) is 0. The molecule has 0 aliphatic heterocycles. The predicted octanol–water partition coefficient (Wildman–Crippen LogP) is 9.11. The van der Waals surface area contributed by atoms with Gasteiger partial charge >= 0.3 is 0 Å². The Bertz CT molecular complexity index is 1620. The molecule has 0 unspecified atom stereocenters. The summed E-state index contributed by atoms with van der Waals surface area (Å²) in [4.78, 5) is 23.2. The summed E-state index contributed by atoms with van der Waals surface area (Å²) in [5.74, 6) is 1.32. The first-order chi connectivity index (χ1) is 20.4. The number of hydrogen-bond acceptors (Lipinski definition) is 6. The minimum absolute atomic E-state index is 0.658. The molecule has 0 aliphatic carbocycles.